The van der Waals surface area contributed by atoms with E-state index >= 15 is 0 Å². The summed E-state index contributed by atoms with van der Waals surface area (Å²) in [5, 5.41) is 2.59. The maximum absolute atomic E-state index is 4.54. The van der Waals surface area contributed by atoms with Crippen LogP contribution in [0.4, 0.5) is 5.82 Å². The molecule has 0 amide bonds. The highest BCUT2D eigenvalue weighted by Crippen LogP contribution is 2.24. The minimum Gasteiger partial charge on any atom is -0.350 e. The number of fused-ring (bicyclic) bond motifs is 1. The van der Waals surface area contributed by atoms with Crippen LogP contribution in [0, 0.1) is 0 Å². The number of rotatable bonds is 3. The Morgan fingerprint density at radius 2 is 1.79 bits per heavy atom. The molecule has 0 spiro atoms. The van der Waals surface area contributed by atoms with Crippen LogP contribution in [0.15, 0.2) is 72.9 Å². The van der Waals surface area contributed by atoms with Gasteiger partial charge in [0, 0.05) is 18.8 Å². The highest BCUT2D eigenvalue weighted by atomic mass is 15.2. The molecule has 0 aliphatic carbocycles. The Balaban J connectivity index is 1.58. The maximum atomic E-state index is 4.54. The van der Waals surface area contributed by atoms with Gasteiger partial charge in [0.25, 0.3) is 0 Å². The van der Waals surface area contributed by atoms with Crippen LogP contribution in [0.2, 0.25) is 0 Å². The molecule has 0 N–H and O–H groups in total. The van der Waals surface area contributed by atoms with Crippen molar-refractivity contribution >= 4 is 22.7 Å². The van der Waals surface area contributed by atoms with E-state index in [9.17, 15) is 0 Å². The van der Waals surface area contributed by atoms with Crippen molar-refractivity contribution in [1.29, 1.82) is 0 Å². The van der Waals surface area contributed by atoms with Crippen LogP contribution in [0.25, 0.3) is 16.8 Å². The van der Waals surface area contributed by atoms with Gasteiger partial charge in [0.1, 0.15) is 5.82 Å². The summed E-state index contributed by atoms with van der Waals surface area (Å²) in [7, 11) is 0. The molecule has 2 nitrogen and oxygen atoms in total. The molecular weight excluding hydrogens is 292 g/mol. The first-order valence-corrected chi connectivity index (χ1v) is 8.75. The molecule has 0 saturated carbocycles. The maximum Gasteiger partial charge on any atom is 0.128 e. The molecule has 4 rings (SSSR count). The summed E-state index contributed by atoms with van der Waals surface area (Å²) in [5.41, 5.74) is 1.26. The van der Waals surface area contributed by atoms with E-state index in [0.29, 0.717) is 6.04 Å². The Hall–Kier alpha value is -2.61. The highest BCUT2D eigenvalue weighted by molar-refractivity contribution is 5.84. The molecule has 3 aromatic rings. The standard InChI is InChI=1S/C22H22N2/c1-2-8-20-17-18(11-13-19(20)7-1)12-14-21-9-4-6-16-24(21)22-10-3-5-15-23-22/h1-3,5,7-8,10-15,17,21H,4,6,9,16H2. The molecule has 2 aromatic carbocycles. The van der Waals surface area contributed by atoms with Gasteiger partial charge < -0.3 is 4.90 Å². The summed E-state index contributed by atoms with van der Waals surface area (Å²) in [6.45, 7) is 1.09. The molecule has 1 aliphatic heterocycles. The zero-order valence-electron chi connectivity index (χ0n) is 13.8. The normalized spacial score (nSPS) is 18.3. The van der Waals surface area contributed by atoms with Crippen LogP contribution in [-0.2, 0) is 0 Å². The fourth-order valence-electron chi connectivity index (χ4n) is 3.50. The minimum atomic E-state index is 0.431. The molecule has 1 saturated heterocycles. The average molecular weight is 314 g/mol. The third-order valence-electron chi connectivity index (χ3n) is 4.78. The zero-order valence-corrected chi connectivity index (χ0v) is 13.8. The molecule has 120 valence electrons. The number of benzene rings is 2. The van der Waals surface area contributed by atoms with Gasteiger partial charge >= 0.3 is 0 Å². The van der Waals surface area contributed by atoms with Gasteiger partial charge in [0.2, 0.25) is 0 Å². The number of piperidine rings is 1. The predicted molar refractivity (Wildman–Crippen MR) is 102 cm³/mol. The van der Waals surface area contributed by atoms with Crippen molar-refractivity contribution in [3.05, 3.63) is 78.5 Å². The third kappa shape index (κ3) is 3.18. The molecule has 0 radical (unpaired) electrons. The average Bonchev–Trinajstić information content (AvgIpc) is 2.67. The van der Waals surface area contributed by atoms with E-state index in [4.69, 9.17) is 0 Å². The number of nitrogens with zero attached hydrogens (tertiary/aromatic N) is 2. The predicted octanol–water partition coefficient (Wildman–Crippen LogP) is 5.31. The van der Waals surface area contributed by atoms with Crippen molar-refractivity contribution in [2.24, 2.45) is 0 Å². The van der Waals surface area contributed by atoms with Crippen molar-refractivity contribution < 1.29 is 0 Å². The zero-order chi connectivity index (χ0) is 16.2. The lowest BCUT2D eigenvalue weighted by Gasteiger charge is -2.35. The van der Waals surface area contributed by atoms with E-state index in [1.54, 1.807) is 0 Å². The monoisotopic (exact) mass is 314 g/mol. The molecule has 24 heavy (non-hydrogen) atoms. The van der Waals surface area contributed by atoms with Crippen LogP contribution in [0.1, 0.15) is 24.8 Å². The second kappa shape index (κ2) is 6.88. The summed E-state index contributed by atoms with van der Waals surface area (Å²) in [6.07, 6.45) is 10.2. The number of hydrogen-bond acceptors (Lipinski definition) is 2. The topological polar surface area (TPSA) is 16.1 Å². The lowest BCUT2D eigenvalue weighted by atomic mass is 10.00. The number of anilines is 1. The van der Waals surface area contributed by atoms with Gasteiger partial charge in [-0.05, 0) is 53.8 Å². The van der Waals surface area contributed by atoms with Crippen molar-refractivity contribution in [2.45, 2.75) is 25.3 Å². The fraction of sp³-hybridized carbons (Fsp3) is 0.227. The van der Waals surface area contributed by atoms with Gasteiger partial charge in [-0.25, -0.2) is 4.98 Å². The van der Waals surface area contributed by atoms with Crippen molar-refractivity contribution in [3.8, 4) is 0 Å². The van der Waals surface area contributed by atoms with Crippen LogP contribution >= 0.6 is 0 Å². The summed E-state index contributed by atoms with van der Waals surface area (Å²) in [6, 6.07) is 21.8. The first-order chi connectivity index (χ1) is 11.9. The summed E-state index contributed by atoms with van der Waals surface area (Å²) < 4.78 is 0. The van der Waals surface area contributed by atoms with Crippen molar-refractivity contribution in [1.82, 2.24) is 4.98 Å². The first kappa shape index (κ1) is 14.9. The molecule has 1 unspecified atom stereocenters. The molecule has 2 heteroatoms. The quantitative estimate of drug-likeness (QED) is 0.651. The smallest absolute Gasteiger partial charge is 0.128 e. The highest BCUT2D eigenvalue weighted by Gasteiger charge is 2.20. The van der Waals surface area contributed by atoms with Gasteiger partial charge in [0.05, 0.1) is 0 Å². The van der Waals surface area contributed by atoms with E-state index < -0.39 is 0 Å². The van der Waals surface area contributed by atoms with E-state index in [1.165, 1.54) is 35.6 Å². The lowest BCUT2D eigenvalue weighted by Crippen LogP contribution is -2.38. The summed E-state index contributed by atoms with van der Waals surface area (Å²) >= 11 is 0. The van der Waals surface area contributed by atoms with Crippen LogP contribution in [0.3, 0.4) is 0 Å². The Bertz CT molecular complexity index is 839. The van der Waals surface area contributed by atoms with E-state index in [2.05, 4.69) is 76.6 Å². The van der Waals surface area contributed by atoms with Crippen molar-refractivity contribution in [2.75, 3.05) is 11.4 Å². The molecule has 0 bridgehead atoms. The number of hydrogen-bond donors (Lipinski definition) is 0. The van der Waals surface area contributed by atoms with Gasteiger partial charge in [0.15, 0.2) is 0 Å². The number of pyridine rings is 1. The van der Waals surface area contributed by atoms with Gasteiger partial charge in [-0.1, -0.05) is 54.6 Å². The minimum absolute atomic E-state index is 0.431. The molecule has 2 heterocycles. The fourth-order valence-corrected chi connectivity index (χ4v) is 3.50. The van der Waals surface area contributed by atoms with Crippen molar-refractivity contribution in [3.63, 3.8) is 0 Å². The third-order valence-corrected chi connectivity index (χ3v) is 4.78. The van der Waals surface area contributed by atoms with Crippen LogP contribution in [-0.4, -0.2) is 17.6 Å². The Morgan fingerprint density at radius 1 is 0.917 bits per heavy atom. The van der Waals surface area contributed by atoms with Gasteiger partial charge in [-0.2, -0.15) is 0 Å². The molecule has 1 atom stereocenters. The Kier molecular flexibility index (Phi) is 4.28. The Morgan fingerprint density at radius 3 is 2.67 bits per heavy atom. The Labute approximate surface area is 143 Å². The largest absolute Gasteiger partial charge is 0.350 e. The number of aromatic nitrogens is 1. The molecule has 1 fully saturated rings. The van der Waals surface area contributed by atoms with E-state index in [-0.39, 0.29) is 0 Å². The second-order valence-electron chi connectivity index (χ2n) is 6.41. The lowest BCUT2D eigenvalue weighted by molar-refractivity contribution is 0.512. The van der Waals surface area contributed by atoms with Crippen LogP contribution in [0.5, 0.6) is 0 Å². The van der Waals surface area contributed by atoms with E-state index in [0.717, 1.165) is 12.4 Å². The molecular formula is C22H22N2. The SMILES string of the molecule is C(=CC1CCCCN1c1ccccn1)c1ccc2ccccc2c1. The molecule has 1 aliphatic rings. The summed E-state index contributed by atoms with van der Waals surface area (Å²) in [4.78, 5) is 6.97. The first-order valence-electron chi connectivity index (χ1n) is 8.75. The molecule has 1 aromatic heterocycles. The van der Waals surface area contributed by atoms with Crippen LogP contribution < -0.4 is 4.90 Å². The summed E-state index contributed by atoms with van der Waals surface area (Å²) in [5.74, 6) is 1.09. The second-order valence-corrected chi connectivity index (χ2v) is 6.41. The van der Waals surface area contributed by atoms with Gasteiger partial charge in [-0.3, -0.25) is 0 Å². The van der Waals surface area contributed by atoms with Gasteiger partial charge in [-0.15, -0.1) is 0 Å². The van der Waals surface area contributed by atoms with E-state index in [1.807, 2.05) is 12.3 Å².